The summed E-state index contributed by atoms with van der Waals surface area (Å²) in [6.07, 6.45) is 1.34. The first-order valence-electron chi connectivity index (χ1n) is 8.21. The van der Waals surface area contributed by atoms with E-state index < -0.39 is 0 Å². The maximum Gasteiger partial charge on any atom is 0.274 e. The molecule has 0 unspecified atom stereocenters. The fraction of sp³-hybridized carbons (Fsp3) is 0.150. The van der Waals surface area contributed by atoms with E-state index in [4.69, 9.17) is 0 Å². The number of halogens is 1. The molecule has 3 aromatic rings. The van der Waals surface area contributed by atoms with E-state index >= 15 is 0 Å². The third kappa shape index (κ3) is 4.22. The van der Waals surface area contributed by atoms with Gasteiger partial charge in [-0.25, -0.2) is 14.4 Å². The Bertz CT molecular complexity index is 905. The number of hydrogen-bond acceptors (Lipinski definition) is 4. The van der Waals surface area contributed by atoms with Gasteiger partial charge in [0, 0.05) is 18.3 Å². The molecule has 0 aliphatic heterocycles. The molecule has 26 heavy (non-hydrogen) atoms. The van der Waals surface area contributed by atoms with Crippen molar-refractivity contribution in [3.8, 4) is 0 Å². The van der Waals surface area contributed by atoms with Crippen LogP contribution in [0, 0.1) is 19.7 Å². The average Bonchev–Trinajstić information content (AvgIpc) is 2.64. The highest BCUT2D eigenvalue weighted by molar-refractivity contribution is 6.04. The van der Waals surface area contributed by atoms with Gasteiger partial charge in [0.25, 0.3) is 5.91 Å². The molecular formula is C20H19FN4O. The van der Waals surface area contributed by atoms with Crippen LogP contribution >= 0.6 is 0 Å². The molecular weight excluding hydrogens is 331 g/mol. The van der Waals surface area contributed by atoms with E-state index in [0.717, 1.165) is 22.4 Å². The van der Waals surface area contributed by atoms with Crippen LogP contribution in [0.15, 0.2) is 54.9 Å². The summed E-state index contributed by atoms with van der Waals surface area (Å²) in [7, 11) is 0. The lowest BCUT2D eigenvalue weighted by Gasteiger charge is -2.11. The molecule has 3 rings (SSSR count). The van der Waals surface area contributed by atoms with Crippen molar-refractivity contribution in [1.82, 2.24) is 9.97 Å². The molecule has 1 aromatic heterocycles. The Morgan fingerprint density at radius 1 is 1.04 bits per heavy atom. The average molecular weight is 350 g/mol. The lowest BCUT2D eigenvalue weighted by molar-refractivity contribution is 0.102. The van der Waals surface area contributed by atoms with Crippen molar-refractivity contribution in [3.05, 3.63) is 83.1 Å². The van der Waals surface area contributed by atoms with E-state index in [1.165, 1.54) is 18.5 Å². The number of carbonyl (C=O) groups excluding carboxylic acids is 1. The SMILES string of the molecule is Cc1cccc(C)c1NC(=O)c1cc(NCc2ccc(F)cc2)ncn1. The van der Waals surface area contributed by atoms with E-state index in [2.05, 4.69) is 20.6 Å². The molecule has 1 amide bonds. The fourth-order valence-corrected chi connectivity index (χ4v) is 2.56. The van der Waals surface area contributed by atoms with Crippen LogP contribution in [0.25, 0.3) is 0 Å². The molecule has 1 heterocycles. The Hall–Kier alpha value is -3.28. The second-order valence-electron chi connectivity index (χ2n) is 5.99. The van der Waals surface area contributed by atoms with Crippen molar-refractivity contribution in [2.75, 3.05) is 10.6 Å². The summed E-state index contributed by atoms with van der Waals surface area (Å²) in [6.45, 7) is 4.35. The number of hydrogen-bond donors (Lipinski definition) is 2. The zero-order valence-corrected chi connectivity index (χ0v) is 14.6. The standard InChI is InChI=1S/C20H19FN4O/c1-13-4-3-5-14(2)19(13)25-20(26)17-10-18(24-12-23-17)22-11-15-6-8-16(21)9-7-15/h3-10,12H,11H2,1-2H3,(H,25,26)(H,22,23,24). The van der Waals surface area contributed by atoms with Crippen molar-refractivity contribution >= 4 is 17.4 Å². The number of nitrogens with one attached hydrogen (secondary N) is 2. The molecule has 0 saturated heterocycles. The van der Waals surface area contributed by atoms with Crippen LogP contribution in [0.4, 0.5) is 15.9 Å². The minimum Gasteiger partial charge on any atom is -0.366 e. The summed E-state index contributed by atoms with van der Waals surface area (Å²) in [5.41, 5.74) is 3.94. The number of benzene rings is 2. The first kappa shape index (κ1) is 17.5. The van der Waals surface area contributed by atoms with E-state index in [1.807, 2.05) is 32.0 Å². The quantitative estimate of drug-likeness (QED) is 0.727. The summed E-state index contributed by atoms with van der Waals surface area (Å²) in [4.78, 5) is 20.7. The lowest BCUT2D eigenvalue weighted by atomic mass is 10.1. The second kappa shape index (κ2) is 7.74. The molecule has 0 spiro atoms. The molecule has 0 saturated carbocycles. The van der Waals surface area contributed by atoms with E-state index in [-0.39, 0.29) is 17.4 Å². The number of nitrogens with zero attached hydrogens (tertiary/aromatic N) is 2. The Morgan fingerprint density at radius 2 is 1.73 bits per heavy atom. The Kier molecular flexibility index (Phi) is 5.22. The Balaban J connectivity index is 1.70. The Morgan fingerprint density at radius 3 is 2.42 bits per heavy atom. The highest BCUT2D eigenvalue weighted by Crippen LogP contribution is 2.20. The van der Waals surface area contributed by atoms with Crippen molar-refractivity contribution in [1.29, 1.82) is 0 Å². The van der Waals surface area contributed by atoms with E-state index in [1.54, 1.807) is 18.2 Å². The van der Waals surface area contributed by atoms with Gasteiger partial charge in [-0.1, -0.05) is 30.3 Å². The molecule has 0 aliphatic rings. The van der Waals surface area contributed by atoms with Crippen molar-refractivity contribution in [2.24, 2.45) is 0 Å². The predicted octanol–water partition coefficient (Wildman–Crippen LogP) is 4.10. The van der Waals surface area contributed by atoms with Crippen LogP contribution in [0.3, 0.4) is 0 Å². The second-order valence-corrected chi connectivity index (χ2v) is 5.99. The number of aromatic nitrogens is 2. The minimum atomic E-state index is -0.297. The molecule has 2 N–H and O–H groups in total. The van der Waals surface area contributed by atoms with Crippen LogP contribution in [-0.4, -0.2) is 15.9 Å². The topological polar surface area (TPSA) is 66.9 Å². The summed E-state index contributed by atoms with van der Waals surface area (Å²) >= 11 is 0. The predicted molar refractivity (Wildman–Crippen MR) is 99.6 cm³/mol. The van der Waals surface area contributed by atoms with Gasteiger partial charge in [0.05, 0.1) is 0 Å². The molecule has 0 fully saturated rings. The molecule has 0 radical (unpaired) electrons. The first-order chi connectivity index (χ1) is 12.5. The summed E-state index contributed by atoms with van der Waals surface area (Å²) in [5, 5.41) is 6.01. The zero-order chi connectivity index (χ0) is 18.5. The largest absolute Gasteiger partial charge is 0.366 e. The number of aryl methyl sites for hydroxylation is 2. The summed E-state index contributed by atoms with van der Waals surface area (Å²) in [5.74, 6) is -0.0492. The van der Waals surface area contributed by atoms with Crippen LogP contribution in [0.5, 0.6) is 0 Å². The zero-order valence-electron chi connectivity index (χ0n) is 14.6. The monoisotopic (exact) mass is 350 g/mol. The number of rotatable bonds is 5. The van der Waals surface area contributed by atoms with Crippen molar-refractivity contribution in [2.45, 2.75) is 20.4 Å². The molecule has 0 atom stereocenters. The van der Waals surface area contributed by atoms with Crippen molar-refractivity contribution in [3.63, 3.8) is 0 Å². The van der Waals surface area contributed by atoms with Gasteiger partial charge in [0.2, 0.25) is 0 Å². The fourth-order valence-electron chi connectivity index (χ4n) is 2.56. The number of carbonyl (C=O) groups is 1. The van der Waals surface area contributed by atoms with Gasteiger partial charge in [-0.3, -0.25) is 4.79 Å². The molecule has 6 heteroatoms. The highest BCUT2D eigenvalue weighted by atomic mass is 19.1. The first-order valence-corrected chi connectivity index (χ1v) is 8.21. The van der Waals surface area contributed by atoms with Gasteiger partial charge < -0.3 is 10.6 Å². The minimum absolute atomic E-state index is 0.268. The highest BCUT2D eigenvalue weighted by Gasteiger charge is 2.12. The molecule has 132 valence electrons. The number of amides is 1. The maximum atomic E-state index is 12.9. The smallest absolute Gasteiger partial charge is 0.274 e. The molecule has 0 aliphatic carbocycles. The van der Waals surface area contributed by atoms with E-state index in [0.29, 0.717) is 12.4 Å². The van der Waals surface area contributed by atoms with Crippen LogP contribution in [-0.2, 0) is 6.54 Å². The van der Waals surface area contributed by atoms with Gasteiger partial charge in [-0.05, 0) is 42.7 Å². The summed E-state index contributed by atoms with van der Waals surface area (Å²) < 4.78 is 12.9. The maximum absolute atomic E-state index is 12.9. The van der Waals surface area contributed by atoms with Gasteiger partial charge in [-0.2, -0.15) is 0 Å². The van der Waals surface area contributed by atoms with Crippen LogP contribution < -0.4 is 10.6 Å². The molecule has 0 bridgehead atoms. The van der Waals surface area contributed by atoms with Gasteiger partial charge in [0.1, 0.15) is 23.7 Å². The molecule has 5 nitrogen and oxygen atoms in total. The molecule has 2 aromatic carbocycles. The lowest BCUT2D eigenvalue weighted by Crippen LogP contribution is -2.16. The van der Waals surface area contributed by atoms with Gasteiger partial charge in [0.15, 0.2) is 0 Å². The third-order valence-corrected chi connectivity index (χ3v) is 4.01. The van der Waals surface area contributed by atoms with Crippen molar-refractivity contribution < 1.29 is 9.18 Å². The van der Waals surface area contributed by atoms with Crippen LogP contribution in [0.2, 0.25) is 0 Å². The number of para-hydroxylation sites is 1. The Labute approximate surface area is 151 Å². The van der Waals surface area contributed by atoms with Gasteiger partial charge >= 0.3 is 0 Å². The van der Waals surface area contributed by atoms with E-state index in [9.17, 15) is 9.18 Å². The van der Waals surface area contributed by atoms with Gasteiger partial charge in [-0.15, -0.1) is 0 Å². The third-order valence-electron chi connectivity index (χ3n) is 4.01. The number of anilines is 2. The van der Waals surface area contributed by atoms with Crippen LogP contribution in [0.1, 0.15) is 27.2 Å². The normalized spacial score (nSPS) is 10.4. The summed E-state index contributed by atoms with van der Waals surface area (Å²) in [6, 6.07) is 13.6.